The Morgan fingerprint density at radius 2 is 0.906 bits per heavy atom. The highest BCUT2D eigenvalue weighted by atomic mass is 35.6. The van der Waals surface area contributed by atoms with Gasteiger partial charge in [0, 0.05) is 5.56 Å². The fourth-order valence-corrected chi connectivity index (χ4v) is 2.91. The molecule has 15 heteroatoms. The first kappa shape index (κ1) is 28.1. The predicted molar refractivity (Wildman–Crippen MR) is 132 cm³/mol. The van der Waals surface area contributed by atoms with Gasteiger partial charge >= 0.3 is 0 Å². The topological polar surface area (TPSA) is 77.3 Å². The molecule has 0 bridgehead atoms. The number of halogens is 9. The molecule has 3 aromatic rings. The van der Waals surface area contributed by atoms with Crippen LogP contribution in [0.15, 0.2) is 30.3 Å². The molecule has 0 saturated carbocycles. The van der Waals surface area contributed by atoms with Crippen LogP contribution in [0.3, 0.4) is 0 Å². The lowest BCUT2D eigenvalue weighted by molar-refractivity contribution is 0.849. The first-order valence-corrected chi connectivity index (χ1v) is 12.2. The molecule has 0 N–H and O–H groups in total. The van der Waals surface area contributed by atoms with E-state index in [1.165, 1.54) is 0 Å². The van der Waals surface area contributed by atoms with Crippen LogP contribution < -0.4 is 0 Å². The van der Waals surface area contributed by atoms with Crippen molar-refractivity contribution in [1.82, 2.24) is 29.9 Å². The number of alkyl halides is 9. The molecule has 0 spiro atoms. The maximum absolute atomic E-state index is 5.79. The first-order chi connectivity index (χ1) is 15.0. The Morgan fingerprint density at radius 1 is 0.531 bits per heavy atom. The smallest absolute Gasteiger partial charge is 0.215 e. The van der Waals surface area contributed by atoms with Gasteiger partial charge < -0.3 is 0 Å². The minimum Gasteiger partial charge on any atom is -0.215 e. The van der Waals surface area contributed by atoms with Gasteiger partial charge in [0.25, 0.3) is 0 Å². The molecule has 172 valence electrons. The van der Waals surface area contributed by atoms with Gasteiger partial charge in [0.05, 0.1) is 17.6 Å². The first-order valence-electron chi connectivity index (χ1n) is 8.34. The van der Waals surface area contributed by atoms with Crippen molar-refractivity contribution in [1.29, 1.82) is 0 Å². The van der Waals surface area contributed by atoms with Gasteiger partial charge in [-0.05, 0) is 0 Å². The zero-order valence-electron chi connectivity index (χ0n) is 15.6. The average Bonchev–Trinajstić information content (AvgIpc) is 2.78. The van der Waals surface area contributed by atoms with Crippen molar-refractivity contribution < 1.29 is 0 Å². The molecule has 0 aliphatic carbocycles. The fraction of sp³-hybridized carbons (Fsp3) is 0.294. The summed E-state index contributed by atoms with van der Waals surface area (Å²) in [5.74, 6) is 2.30. The van der Waals surface area contributed by atoms with Crippen LogP contribution in [0.25, 0.3) is 11.4 Å². The Hall–Kier alpha value is -0.150. The van der Waals surface area contributed by atoms with E-state index < -0.39 is 7.59 Å². The van der Waals surface area contributed by atoms with Crippen LogP contribution in [0.1, 0.15) is 29.1 Å². The lowest BCUT2D eigenvalue weighted by Gasteiger charge is -2.15. The van der Waals surface area contributed by atoms with Crippen LogP contribution in [0.2, 0.25) is 0 Å². The molecule has 0 radical (unpaired) electrons. The maximum Gasteiger partial charge on any atom is 0.250 e. The summed E-state index contributed by atoms with van der Waals surface area (Å²) in [5, 5.41) is 0. The van der Waals surface area contributed by atoms with Crippen molar-refractivity contribution >= 4 is 104 Å². The zero-order valence-corrected chi connectivity index (χ0v) is 22.4. The van der Waals surface area contributed by atoms with Gasteiger partial charge in [-0.1, -0.05) is 99.9 Å². The van der Waals surface area contributed by atoms with Crippen molar-refractivity contribution in [2.45, 2.75) is 25.2 Å². The number of aromatic nitrogens is 6. The Morgan fingerprint density at radius 3 is 1.22 bits per heavy atom. The van der Waals surface area contributed by atoms with E-state index in [0.29, 0.717) is 23.0 Å². The molecule has 2 aromatic heterocycles. The standard InChI is InChI=1S/C11H5Cl6N3.C6H6Cl3N3/c12-10(13,14)8-18-7(6-4-2-1-3-5-6)19-9(20-8)11(15,16)17;7-1-4-10-5(2-8)12-6(3-9)11-4/h1-5H;1-3H2. The molecule has 3 rings (SSSR count). The summed E-state index contributed by atoms with van der Waals surface area (Å²) in [6, 6.07) is 9.02. The van der Waals surface area contributed by atoms with Crippen LogP contribution >= 0.6 is 104 Å². The summed E-state index contributed by atoms with van der Waals surface area (Å²) < 4.78 is -3.70. The highest BCUT2D eigenvalue weighted by Crippen LogP contribution is 2.40. The van der Waals surface area contributed by atoms with Gasteiger partial charge in [0.2, 0.25) is 7.59 Å². The van der Waals surface area contributed by atoms with Gasteiger partial charge in [0.1, 0.15) is 17.5 Å². The summed E-state index contributed by atoms with van der Waals surface area (Å²) in [4.78, 5) is 24.0. The Kier molecular flexibility index (Phi) is 11.0. The van der Waals surface area contributed by atoms with Gasteiger partial charge in [-0.25, -0.2) is 29.9 Å². The lowest BCUT2D eigenvalue weighted by Crippen LogP contribution is -2.16. The second kappa shape index (κ2) is 12.5. The average molecular weight is 618 g/mol. The molecular weight excluding hydrogens is 607 g/mol. The Labute approximate surface area is 228 Å². The van der Waals surface area contributed by atoms with Gasteiger partial charge in [-0.2, -0.15) is 0 Å². The summed E-state index contributed by atoms with van der Waals surface area (Å²) >= 11 is 51.4. The summed E-state index contributed by atoms with van der Waals surface area (Å²) in [6.45, 7) is 0. The number of nitrogens with zero attached hydrogens (tertiary/aromatic N) is 6. The molecule has 1 aromatic carbocycles. The highest BCUT2D eigenvalue weighted by molar-refractivity contribution is 6.67. The zero-order chi connectivity index (χ0) is 23.9. The van der Waals surface area contributed by atoms with E-state index in [4.69, 9.17) is 104 Å². The predicted octanol–water partition coefficient (Wildman–Crippen LogP) is 7.28. The van der Waals surface area contributed by atoms with Crippen molar-refractivity contribution in [3.8, 4) is 11.4 Å². The van der Waals surface area contributed by atoms with Gasteiger partial charge in [-0.3, -0.25) is 0 Å². The van der Waals surface area contributed by atoms with E-state index >= 15 is 0 Å². The third-order valence-electron chi connectivity index (χ3n) is 3.31. The number of benzene rings is 1. The fourth-order valence-electron chi connectivity index (χ4n) is 2.05. The molecule has 0 saturated heterocycles. The molecular formula is C17H11Cl9N6. The van der Waals surface area contributed by atoms with E-state index in [0.717, 1.165) is 0 Å². The quantitative estimate of drug-likeness (QED) is 0.286. The molecule has 0 atom stereocenters. The monoisotopic (exact) mass is 614 g/mol. The van der Waals surface area contributed by atoms with E-state index in [1.54, 1.807) is 12.1 Å². The molecule has 0 aliphatic rings. The maximum atomic E-state index is 5.79. The summed E-state index contributed by atoms with van der Waals surface area (Å²) in [6.07, 6.45) is 0. The third kappa shape index (κ3) is 8.57. The second-order valence-corrected chi connectivity index (χ2v) is 11.0. The molecule has 32 heavy (non-hydrogen) atoms. The van der Waals surface area contributed by atoms with Crippen LogP contribution in [0.5, 0.6) is 0 Å². The molecule has 0 unspecified atom stereocenters. The van der Waals surface area contributed by atoms with Crippen molar-refractivity contribution in [2.75, 3.05) is 0 Å². The molecule has 0 aliphatic heterocycles. The third-order valence-corrected chi connectivity index (χ3v) is 5.04. The van der Waals surface area contributed by atoms with E-state index in [9.17, 15) is 0 Å². The highest BCUT2D eigenvalue weighted by Gasteiger charge is 2.33. The minimum absolute atomic E-state index is 0.113. The Balaban J connectivity index is 0.000000258. The van der Waals surface area contributed by atoms with E-state index in [2.05, 4.69) is 29.9 Å². The second-order valence-electron chi connectivity index (χ2n) is 5.65. The van der Waals surface area contributed by atoms with Gasteiger partial charge in [-0.15, -0.1) is 34.8 Å². The van der Waals surface area contributed by atoms with Crippen LogP contribution in [-0.4, -0.2) is 29.9 Å². The number of hydrogen-bond acceptors (Lipinski definition) is 6. The van der Waals surface area contributed by atoms with E-state index in [1.807, 2.05) is 18.2 Å². The molecule has 2 heterocycles. The Bertz CT molecular complexity index is 938. The minimum atomic E-state index is -1.85. The van der Waals surface area contributed by atoms with Crippen LogP contribution in [0.4, 0.5) is 0 Å². The van der Waals surface area contributed by atoms with Gasteiger partial charge in [0.15, 0.2) is 17.5 Å². The molecule has 0 fully saturated rings. The van der Waals surface area contributed by atoms with Crippen molar-refractivity contribution in [3.05, 3.63) is 59.5 Å². The number of hydrogen-bond donors (Lipinski definition) is 0. The van der Waals surface area contributed by atoms with Crippen molar-refractivity contribution in [2.24, 2.45) is 0 Å². The molecule has 0 amide bonds. The largest absolute Gasteiger partial charge is 0.250 e. The normalized spacial score (nSPS) is 11.7. The van der Waals surface area contributed by atoms with Crippen LogP contribution in [0, 0.1) is 0 Å². The van der Waals surface area contributed by atoms with Crippen LogP contribution in [-0.2, 0) is 25.2 Å². The number of rotatable bonds is 4. The van der Waals surface area contributed by atoms with E-state index in [-0.39, 0.29) is 35.1 Å². The lowest BCUT2D eigenvalue weighted by atomic mass is 10.2. The summed E-state index contributed by atoms with van der Waals surface area (Å²) in [7, 11) is 0. The SMILES string of the molecule is ClC(Cl)(Cl)c1nc(-c2ccccc2)nc(C(Cl)(Cl)Cl)n1.ClCc1nc(CCl)nc(CCl)n1. The molecule has 6 nitrogen and oxygen atoms in total. The van der Waals surface area contributed by atoms with Crippen molar-refractivity contribution in [3.63, 3.8) is 0 Å². The summed E-state index contributed by atoms with van der Waals surface area (Å²) in [5.41, 5.74) is 0.681.